The average Bonchev–Trinajstić information content (AvgIpc) is 3.33. The molecule has 2 bridgehead atoms. The number of esters is 1. The molecule has 2 aromatic rings. The standard InChI is InChI=1S/C10H10N6O3.C7H6/c1-19-8(17)5-3-2-4-12-6(5)7-13-9(16-11)15-10(18)14-7;1-2-7-4-3-6(1)5-7/h2-4H,11H2,1H3,(H2,13,14,15,16,18);1-4H,5H2. The van der Waals surface area contributed by atoms with E-state index in [1.165, 1.54) is 36.9 Å². The number of allylic oxidation sites excluding steroid dienone is 6. The molecule has 0 spiro atoms. The Morgan fingerprint density at radius 2 is 2.00 bits per heavy atom. The minimum atomic E-state index is -0.667. The Balaban J connectivity index is 0.000000229. The minimum absolute atomic E-state index is 0.0638. The highest BCUT2D eigenvalue weighted by atomic mass is 16.5. The van der Waals surface area contributed by atoms with Crippen molar-refractivity contribution in [3.05, 3.63) is 69.8 Å². The van der Waals surface area contributed by atoms with Crippen molar-refractivity contribution in [2.45, 2.75) is 6.42 Å². The fourth-order valence-electron chi connectivity index (χ4n) is 2.44. The predicted octanol–water partition coefficient (Wildman–Crippen LogP) is 1.11. The lowest BCUT2D eigenvalue weighted by atomic mass is 10.2. The van der Waals surface area contributed by atoms with Crippen molar-refractivity contribution >= 4 is 11.9 Å². The molecular weight excluding hydrogens is 336 g/mol. The van der Waals surface area contributed by atoms with E-state index in [-0.39, 0.29) is 23.0 Å². The average molecular weight is 352 g/mol. The Kier molecular flexibility index (Phi) is 4.99. The highest BCUT2D eigenvalue weighted by Crippen LogP contribution is 2.27. The van der Waals surface area contributed by atoms with Gasteiger partial charge in [0.25, 0.3) is 0 Å². The molecule has 132 valence electrons. The number of nitrogen functional groups attached to an aromatic ring is 1. The molecule has 2 aliphatic carbocycles. The van der Waals surface area contributed by atoms with Crippen molar-refractivity contribution in [1.29, 1.82) is 0 Å². The normalized spacial score (nSPS) is 13.5. The number of aromatic nitrogens is 4. The molecule has 9 nitrogen and oxygen atoms in total. The summed E-state index contributed by atoms with van der Waals surface area (Å²) >= 11 is 0. The molecule has 0 aliphatic heterocycles. The fraction of sp³-hybridized carbons (Fsp3) is 0.118. The number of hydrogen-bond acceptors (Lipinski definition) is 8. The van der Waals surface area contributed by atoms with Gasteiger partial charge in [0.1, 0.15) is 5.69 Å². The molecule has 2 aromatic heterocycles. The second-order valence-corrected chi connectivity index (χ2v) is 5.35. The number of H-pyrrole nitrogens is 1. The number of pyridine rings is 1. The molecule has 0 atom stereocenters. The van der Waals surface area contributed by atoms with Gasteiger partial charge < -0.3 is 4.74 Å². The molecule has 0 saturated heterocycles. The van der Waals surface area contributed by atoms with Crippen LogP contribution < -0.4 is 17.0 Å². The number of rotatable bonds is 3. The topological polar surface area (TPSA) is 136 Å². The summed E-state index contributed by atoms with van der Waals surface area (Å²) in [5.41, 5.74) is 4.76. The maximum absolute atomic E-state index is 11.6. The Morgan fingerprint density at radius 3 is 2.54 bits per heavy atom. The van der Waals surface area contributed by atoms with Crippen molar-refractivity contribution in [2.24, 2.45) is 5.84 Å². The third kappa shape index (κ3) is 3.73. The van der Waals surface area contributed by atoms with E-state index < -0.39 is 11.7 Å². The number of aromatic amines is 1. The van der Waals surface area contributed by atoms with Crippen LogP contribution in [0.15, 0.2) is 58.6 Å². The third-order valence-corrected chi connectivity index (χ3v) is 3.65. The highest BCUT2D eigenvalue weighted by Gasteiger charge is 2.16. The SMILES string of the molecule is C1=CC2=CC=C1C2.COC(=O)c1cccnc1-c1nc(NN)nc(=O)[nH]1. The van der Waals surface area contributed by atoms with Crippen molar-refractivity contribution in [2.75, 3.05) is 12.5 Å². The molecule has 2 aliphatic rings. The van der Waals surface area contributed by atoms with Gasteiger partial charge in [0.2, 0.25) is 5.95 Å². The molecule has 2 heterocycles. The number of hydrazine groups is 1. The summed E-state index contributed by atoms with van der Waals surface area (Å²) in [6.45, 7) is 0. The van der Waals surface area contributed by atoms with Gasteiger partial charge in [0.05, 0.1) is 12.7 Å². The van der Waals surface area contributed by atoms with E-state index in [0.29, 0.717) is 0 Å². The number of carbonyl (C=O) groups is 1. The first-order valence-electron chi connectivity index (χ1n) is 7.67. The van der Waals surface area contributed by atoms with Gasteiger partial charge in [0, 0.05) is 6.20 Å². The van der Waals surface area contributed by atoms with Gasteiger partial charge in [-0.1, -0.05) is 24.3 Å². The summed E-state index contributed by atoms with van der Waals surface area (Å²) in [5, 5.41) is 0. The molecule has 0 fully saturated rings. The zero-order valence-corrected chi connectivity index (χ0v) is 13.9. The monoisotopic (exact) mass is 352 g/mol. The van der Waals surface area contributed by atoms with Crippen LogP contribution >= 0.6 is 0 Å². The van der Waals surface area contributed by atoms with Crippen LogP contribution in [-0.2, 0) is 4.74 Å². The Labute approximate surface area is 148 Å². The largest absolute Gasteiger partial charge is 0.465 e. The molecule has 4 rings (SSSR count). The number of hydrogen-bond donors (Lipinski definition) is 3. The zero-order valence-electron chi connectivity index (χ0n) is 13.9. The van der Waals surface area contributed by atoms with Gasteiger partial charge in [-0.25, -0.2) is 15.4 Å². The van der Waals surface area contributed by atoms with Gasteiger partial charge in [-0.2, -0.15) is 9.97 Å². The van der Waals surface area contributed by atoms with E-state index in [4.69, 9.17) is 5.84 Å². The van der Waals surface area contributed by atoms with Gasteiger partial charge in [0.15, 0.2) is 5.82 Å². The van der Waals surface area contributed by atoms with E-state index in [0.717, 1.165) is 0 Å². The van der Waals surface area contributed by atoms with Crippen molar-refractivity contribution in [1.82, 2.24) is 19.9 Å². The lowest BCUT2D eigenvalue weighted by Gasteiger charge is -2.06. The number of carbonyl (C=O) groups excluding carboxylic acids is 1. The van der Waals surface area contributed by atoms with Crippen molar-refractivity contribution < 1.29 is 9.53 Å². The number of methoxy groups -OCH3 is 1. The molecule has 0 unspecified atom stereocenters. The van der Waals surface area contributed by atoms with Crippen LogP contribution in [0.4, 0.5) is 5.95 Å². The molecule has 9 heteroatoms. The summed E-state index contributed by atoms with van der Waals surface area (Å²) < 4.78 is 4.63. The lowest BCUT2D eigenvalue weighted by molar-refractivity contribution is 0.0601. The van der Waals surface area contributed by atoms with Crippen molar-refractivity contribution in [3.63, 3.8) is 0 Å². The molecule has 0 aromatic carbocycles. The number of nitrogens with zero attached hydrogens (tertiary/aromatic N) is 3. The van der Waals surface area contributed by atoms with Crippen LogP contribution in [-0.4, -0.2) is 33.0 Å². The van der Waals surface area contributed by atoms with Crippen LogP contribution in [0.5, 0.6) is 0 Å². The third-order valence-electron chi connectivity index (χ3n) is 3.65. The summed E-state index contributed by atoms with van der Waals surface area (Å²) in [6.07, 6.45) is 11.4. The van der Waals surface area contributed by atoms with E-state index in [1.54, 1.807) is 6.07 Å². The Bertz CT molecular complexity index is 970. The smallest absolute Gasteiger partial charge is 0.349 e. The van der Waals surface area contributed by atoms with E-state index in [2.05, 4.69) is 54.4 Å². The first-order chi connectivity index (χ1) is 12.6. The highest BCUT2D eigenvalue weighted by molar-refractivity contribution is 5.95. The number of nitrogens with two attached hydrogens (primary N) is 1. The fourth-order valence-corrected chi connectivity index (χ4v) is 2.44. The summed E-state index contributed by atoms with van der Waals surface area (Å²) in [4.78, 5) is 36.7. The lowest BCUT2D eigenvalue weighted by Crippen LogP contribution is -2.20. The van der Waals surface area contributed by atoms with Crippen molar-refractivity contribution in [3.8, 4) is 11.5 Å². The maximum atomic E-state index is 11.6. The minimum Gasteiger partial charge on any atom is -0.465 e. The Morgan fingerprint density at radius 1 is 1.27 bits per heavy atom. The molecule has 26 heavy (non-hydrogen) atoms. The number of anilines is 1. The van der Waals surface area contributed by atoms with Gasteiger partial charge in [-0.15, -0.1) is 0 Å². The summed E-state index contributed by atoms with van der Waals surface area (Å²) in [5.74, 6) is 4.54. The number of fused-ring (bicyclic) bond motifs is 2. The second-order valence-electron chi connectivity index (χ2n) is 5.35. The summed E-state index contributed by atoms with van der Waals surface area (Å²) in [7, 11) is 1.24. The predicted molar refractivity (Wildman–Crippen MR) is 95.0 cm³/mol. The second kappa shape index (κ2) is 7.53. The maximum Gasteiger partial charge on any atom is 0.349 e. The quantitative estimate of drug-likeness (QED) is 0.424. The molecular formula is C17H16N6O3. The van der Waals surface area contributed by atoms with Gasteiger partial charge in [-0.3, -0.25) is 15.4 Å². The van der Waals surface area contributed by atoms with Crippen LogP contribution in [0.2, 0.25) is 0 Å². The van der Waals surface area contributed by atoms with E-state index >= 15 is 0 Å². The van der Waals surface area contributed by atoms with Crippen LogP contribution in [0.3, 0.4) is 0 Å². The molecule has 4 N–H and O–H groups in total. The van der Waals surface area contributed by atoms with Crippen LogP contribution in [0, 0.1) is 0 Å². The van der Waals surface area contributed by atoms with Gasteiger partial charge >= 0.3 is 11.7 Å². The van der Waals surface area contributed by atoms with E-state index in [9.17, 15) is 9.59 Å². The summed E-state index contributed by atoms with van der Waals surface area (Å²) in [6, 6.07) is 3.07. The zero-order chi connectivity index (χ0) is 18.5. The molecule has 0 radical (unpaired) electrons. The van der Waals surface area contributed by atoms with Gasteiger partial charge in [-0.05, 0) is 29.7 Å². The van der Waals surface area contributed by atoms with Crippen LogP contribution in [0.1, 0.15) is 16.8 Å². The van der Waals surface area contributed by atoms with Crippen LogP contribution in [0.25, 0.3) is 11.5 Å². The number of ether oxygens (including phenoxy) is 1. The molecule has 0 saturated carbocycles. The number of nitrogens with one attached hydrogen (secondary N) is 2. The first-order valence-corrected chi connectivity index (χ1v) is 7.67. The first kappa shape index (κ1) is 17.2. The van der Waals surface area contributed by atoms with E-state index in [1.807, 2.05) is 0 Å². The Hall–Kier alpha value is -3.59. The molecule has 0 amide bonds.